The minimum atomic E-state index is -0.146. The van der Waals surface area contributed by atoms with Crippen LogP contribution in [0.15, 0.2) is 78.9 Å². The van der Waals surface area contributed by atoms with Crippen molar-refractivity contribution < 1.29 is 14.3 Å². The molecule has 2 amide bonds. The van der Waals surface area contributed by atoms with E-state index in [4.69, 9.17) is 4.74 Å². The Morgan fingerprint density at radius 1 is 0.867 bits per heavy atom. The molecule has 30 heavy (non-hydrogen) atoms. The van der Waals surface area contributed by atoms with E-state index in [0.717, 1.165) is 11.3 Å². The summed E-state index contributed by atoms with van der Waals surface area (Å²) in [5.74, 6) is 1.46. The van der Waals surface area contributed by atoms with Crippen LogP contribution < -0.4 is 15.4 Å². The van der Waals surface area contributed by atoms with Crippen molar-refractivity contribution in [3.8, 4) is 5.75 Å². The van der Waals surface area contributed by atoms with Crippen LogP contribution in [0, 0.1) is 0 Å². The maximum Gasteiger partial charge on any atom is 0.255 e. The van der Waals surface area contributed by atoms with Crippen LogP contribution in [0.5, 0.6) is 5.75 Å². The van der Waals surface area contributed by atoms with E-state index in [-0.39, 0.29) is 11.8 Å². The predicted octanol–water partition coefficient (Wildman–Crippen LogP) is 5.21. The molecule has 3 aromatic rings. The van der Waals surface area contributed by atoms with Crippen LogP contribution in [0.4, 0.5) is 11.4 Å². The number of ether oxygens (including phenoxy) is 1. The number of carbonyl (C=O) groups is 2. The molecule has 2 N–H and O–H groups in total. The zero-order chi connectivity index (χ0) is 21.2. The molecule has 0 saturated carbocycles. The molecular weight excluding hydrogens is 396 g/mol. The molecule has 0 aliphatic rings. The van der Waals surface area contributed by atoms with Gasteiger partial charge in [0, 0.05) is 17.0 Å². The first-order chi connectivity index (χ1) is 14.7. The van der Waals surface area contributed by atoms with Gasteiger partial charge in [-0.3, -0.25) is 9.59 Å². The average molecular weight is 421 g/mol. The van der Waals surface area contributed by atoms with Gasteiger partial charge in [0.05, 0.1) is 18.0 Å². The highest BCUT2D eigenvalue weighted by Crippen LogP contribution is 2.24. The zero-order valence-electron chi connectivity index (χ0n) is 16.8. The average Bonchev–Trinajstić information content (AvgIpc) is 2.76. The smallest absolute Gasteiger partial charge is 0.255 e. The SMILES string of the molecule is CCOc1ccccc1NC(=O)CSCc1ccc(C(=O)Nc2ccccc2)cc1. The third-order valence-electron chi connectivity index (χ3n) is 4.21. The molecule has 154 valence electrons. The van der Waals surface area contributed by atoms with Gasteiger partial charge in [-0.1, -0.05) is 42.5 Å². The van der Waals surface area contributed by atoms with Crippen LogP contribution in [0.3, 0.4) is 0 Å². The summed E-state index contributed by atoms with van der Waals surface area (Å²) < 4.78 is 5.53. The number of hydrogen-bond donors (Lipinski definition) is 2. The largest absolute Gasteiger partial charge is 0.492 e. The van der Waals surface area contributed by atoms with Crippen molar-refractivity contribution in [2.45, 2.75) is 12.7 Å². The molecular formula is C24H24N2O3S. The van der Waals surface area contributed by atoms with Gasteiger partial charge in [0.2, 0.25) is 5.91 Å². The Morgan fingerprint density at radius 2 is 1.57 bits per heavy atom. The molecule has 0 spiro atoms. The molecule has 0 aliphatic heterocycles. The van der Waals surface area contributed by atoms with E-state index in [2.05, 4.69) is 10.6 Å². The van der Waals surface area contributed by atoms with Crippen molar-refractivity contribution in [2.24, 2.45) is 0 Å². The lowest BCUT2D eigenvalue weighted by molar-refractivity contribution is -0.113. The number of hydrogen-bond acceptors (Lipinski definition) is 4. The maximum absolute atomic E-state index is 12.3. The first-order valence-electron chi connectivity index (χ1n) is 9.70. The summed E-state index contributed by atoms with van der Waals surface area (Å²) in [6, 6.07) is 24.2. The molecule has 0 saturated heterocycles. The Kier molecular flexibility index (Phi) is 7.92. The van der Waals surface area contributed by atoms with Gasteiger partial charge < -0.3 is 15.4 Å². The summed E-state index contributed by atoms with van der Waals surface area (Å²) in [4.78, 5) is 24.5. The van der Waals surface area contributed by atoms with E-state index in [9.17, 15) is 9.59 Å². The maximum atomic E-state index is 12.3. The second-order valence-corrected chi connectivity index (χ2v) is 7.47. The van der Waals surface area contributed by atoms with E-state index < -0.39 is 0 Å². The summed E-state index contributed by atoms with van der Waals surface area (Å²) in [7, 11) is 0. The van der Waals surface area contributed by atoms with Gasteiger partial charge in [-0.25, -0.2) is 0 Å². The van der Waals surface area contributed by atoms with Gasteiger partial charge in [-0.2, -0.15) is 0 Å². The van der Waals surface area contributed by atoms with Crippen molar-refractivity contribution >= 4 is 35.0 Å². The van der Waals surface area contributed by atoms with Gasteiger partial charge in [0.15, 0.2) is 0 Å². The number of carbonyl (C=O) groups excluding carboxylic acids is 2. The second-order valence-electron chi connectivity index (χ2n) is 6.49. The molecule has 0 aromatic heterocycles. The Bertz CT molecular complexity index is 975. The van der Waals surface area contributed by atoms with E-state index in [1.165, 1.54) is 11.8 Å². The van der Waals surface area contributed by atoms with Crippen molar-refractivity contribution in [3.63, 3.8) is 0 Å². The molecule has 0 aliphatic carbocycles. The van der Waals surface area contributed by atoms with Crippen LogP contribution >= 0.6 is 11.8 Å². The number of nitrogens with one attached hydrogen (secondary N) is 2. The van der Waals surface area contributed by atoms with Gasteiger partial charge in [-0.15, -0.1) is 11.8 Å². The number of amides is 2. The van der Waals surface area contributed by atoms with Crippen molar-refractivity contribution in [2.75, 3.05) is 23.0 Å². The van der Waals surface area contributed by atoms with Crippen molar-refractivity contribution in [3.05, 3.63) is 90.0 Å². The van der Waals surface area contributed by atoms with Gasteiger partial charge >= 0.3 is 0 Å². The third-order valence-corrected chi connectivity index (χ3v) is 5.21. The van der Waals surface area contributed by atoms with Crippen LogP contribution in [-0.4, -0.2) is 24.2 Å². The first kappa shape index (κ1) is 21.5. The highest BCUT2D eigenvalue weighted by atomic mass is 32.2. The highest BCUT2D eigenvalue weighted by molar-refractivity contribution is 7.99. The van der Waals surface area contributed by atoms with Crippen LogP contribution in [-0.2, 0) is 10.5 Å². The molecule has 0 heterocycles. The minimum Gasteiger partial charge on any atom is -0.492 e. The van der Waals surface area contributed by atoms with Gasteiger partial charge in [0.25, 0.3) is 5.91 Å². The minimum absolute atomic E-state index is 0.0778. The zero-order valence-corrected chi connectivity index (χ0v) is 17.6. The molecule has 6 heteroatoms. The van der Waals surface area contributed by atoms with E-state index in [1.54, 1.807) is 12.1 Å². The second kappa shape index (κ2) is 11.1. The van der Waals surface area contributed by atoms with E-state index in [1.807, 2.05) is 73.7 Å². The summed E-state index contributed by atoms with van der Waals surface area (Å²) in [5.41, 5.74) is 3.09. The lowest BCUT2D eigenvalue weighted by Gasteiger charge is -2.11. The Balaban J connectivity index is 1.46. The third kappa shape index (κ3) is 6.39. The molecule has 3 rings (SSSR count). The molecule has 0 unspecified atom stereocenters. The van der Waals surface area contributed by atoms with E-state index in [0.29, 0.717) is 35.1 Å². The van der Waals surface area contributed by atoms with E-state index >= 15 is 0 Å². The van der Waals surface area contributed by atoms with Gasteiger partial charge in [-0.05, 0) is 48.9 Å². The van der Waals surface area contributed by atoms with Crippen molar-refractivity contribution in [1.82, 2.24) is 0 Å². The monoisotopic (exact) mass is 420 g/mol. The standard InChI is InChI=1S/C24H24N2O3S/c1-2-29-22-11-7-6-10-21(22)26-23(27)17-30-16-18-12-14-19(15-13-18)24(28)25-20-8-4-3-5-9-20/h3-15H,2,16-17H2,1H3,(H,25,28)(H,26,27). The Morgan fingerprint density at radius 3 is 2.30 bits per heavy atom. The number of para-hydroxylation sites is 3. The summed E-state index contributed by atoms with van der Waals surface area (Å²) in [5, 5.41) is 5.76. The van der Waals surface area contributed by atoms with Gasteiger partial charge in [0.1, 0.15) is 5.75 Å². The fourth-order valence-corrected chi connectivity index (χ4v) is 3.56. The highest BCUT2D eigenvalue weighted by Gasteiger charge is 2.09. The molecule has 0 radical (unpaired) electrons. The fraction of sp³-hybridized carbons (Fsp3) is 0.167. The molecule has 0 fully saturated rings. The summed E-state index contributed by atoms with van der Waals surface area (Å²) in [6.07, 6.45) is 0. The first-order valence-corrected chi connectivity index (χ1v) is 10.9. The normalized spacial score (nSPS) is 10.3. The van der Waals surface area contributed by atoms with Crippen LogP contribution in [0.2, 0.25) is 0 Å². The number of anilines is 2. The Hall–Kier alpha value is -3.25. The van der Waals surface area contributed by atoms with Crippen LogP contribution in [0.1, 0.15) is 22.8 Å². The fourth-order valence-electron chi connectivity index (χ4n) is 2.78. The van der Waals surface area contributed by atoms with Crippen LogP contribution in [0.25, 0.3) is 0 Å². The lowest BCUT2D eigenvalue weighted by Crippen LogP contribution is -2.15. The number of benzene rings is 3. The van der Waals surface area contributed by atoms with Crippen molar-refractivity contribution in [1.29, 1.82) is 0 Å². The predicted molar refractivity (Wildman–Crippen MR) is 123 cm³/mol. The Labute approximate surface area is 180 Å². The lowest BCUT2D eigenvalue weighted by atomic mass is 10.1. The summed E-state index contributed by atoms with van der Waals surface area (Å²) in [6.45, 7) is 2.45. The molecule has 0 atom stereocenters. The topological polar surface area (TPSA) is 67.4 Å². The number of rotatable bonds is 9. The summed E-state index contributed by atoms with van der Waals surface area (Å²) >= 11 is 1.52. The molecule has 0 bridgehead atoms. The quantitative estimate of drug-likeness (QED) is 0.499. The molecule has 3 aromatic carbocycles. The molecule has 5 nitrogen and oxygen atoms in total. The number of thioether (sulfide) groups is 1.